The van der Waals surface area contributed by atoms with Gasteiger partial charge in [-0.1, -0.05) is 69.4 Å². The molecule has 0 aliphatic heterocycles. The van der Waals surface area contributed by atoms with Crippen molar-refractivity contribution in [2.45, 2.75) is 90.8 Å². The lowest BCUT2D eigenvalue weighted by atomic mass is 10.1. The van der Waals surface area contributed by atoms with Crippen LogP contribution in [0.1, 0.15) is 84.5 Å². The van der Waals surface area contributed by atoms with Crippen LogP contribution in [0.2, 0.25) is 0 Å². The number of unbranched alkanes of at least 4 members (excludes halogenated alkanes) is 9. The van der Waals surface area contributed by atoms with Gasteiger partial charge in [-0.15, -0.1) is 0 Å². The molecular formula is C22H38O2. The summed E-state index contributed by atoms with van der Waals surface area (Å²) >= 11 is 0. The van der Waals surface area contributed by atoms with Gasteiger partial charge < -0.3 is 9.47 Å². The Hall–Kier alpha value is -1.04. The van der Waals surface area contributed by atoms with Gasteiger partial charge in [0.25, 0.3) is 0 Å². The Morgan fingerprint density at radius 3 is 1.88 bits per heavy atom. The molecule has 0 aliphatic rings. The lowest BCUT2D eigenvalue weighted by Crippen LogP contribution is -2.17. The quantitative estimate of drug-likeness (QED) is 0.184. The molecule has 0 radical (unpaired) electrons. The molecule has 24 heavy (non-hydrogen) atoms. The molecule has 0 amide bonds. The van der Waals surface area contributed by atoms with E-state index in [1.807, 2.05) is 19.9 Å². The second-order valence-corrected chi connectivity index (χ2v) is 5.99. The van der Waals surface area contributed by atoms with Crippen molar-refractivity contribution in [3.05, 3.63) is 24.8 Å². The van der Waals surface area contributed by atoms with Crippen molar-refractivity contribution in [3.63, 3.8) is 0 Å². The minimum atomic E-state index is 0.0109. The first-order valence-corrected chi connectivity index (χ1v) is 9.85. The van der Waals surface area contributed by atoms with Crippen molar-refractivity contribution >= 4 is 0 Å². The zero-order valence-corrected chi connectivity index (χ0v) is 16.0. The molecule has 0 saturated carbocycles. The van der Waals surface area contributed by atoms with Gasteiger partial charge in [0, 0.05) is 13.2 Å². The van der Waals surface area contributed by atoms with Crippen molar-refractivity contribution in [3.8, 4) is 11.8 Å². The predicted octanol–water partition coefficient (Wildman–Crippen LogP) is 6.42. The predicted molar refractivity (Wildman–Crippen MR) is 105 cm³/mol. The molecule has 0 fully saturated rings. The zero-order chi connectivity index (χ0) is 17.7. The fourth-order valence-corrected chi connectivity index (χ4v) is 2.65. The molecule has 0 aromatic heterocycles. The van der Waals surface area contributed by atoms with E-state index < -0.39 is 0 Å². The normalized spacial score (nSPS) is 11.0. The first kappa shape index (κ1) is 23.0. The van der Waals surface area contributed by atoms with Gasteiger partial charge in [-0.05, 0) is 51.7 Å². The standard InChI is InChI=1S/C22H38O2/c1-4-7-8-9-10-11-12-13-14-15-16-17-18-19-20-21-22(23-5-2)24-6-3/h4,9-10,22H,1,5-6,11-21H2,2-3H3/b10-9-. The number of hydrogen-bond acceptors (Lipinski definition) is 2. The van der Waals surface area contributed by atoms with Crippen molar-refractivity contribution in [2.75, 3.05) is 13.2 Å². The largest absolute Gasteiger partial charge is 0.353 e. The van der Waals surface area contributed by atoms with Gasteiger partial charge in [0.1, 0.15) is 0 Å². The minimum Gasteiger partial charge on any atom is -0.353 e. The van der Waals surface area contributed by atoms with Crippen molar-refractivity contribution in [1.29, 1.82) is 0 Å². The minimum absolute atomic E-state index is 0.0109. The molecule has 0 aliphatic carbocycles. The summed E-state index contributed by atoms with van der Waals surface area (Å²) in [5.74, 6) is 5.75. The maximum absolute atomic E-state index is 5.56. The zero-order valence-electron chi connectivity index (χ0n) is 16.0. The number of ether oxygens (including phenoxy) is 2. The summed E-state index contributed by atoms with van der Waals surface area (Å²) in [6.07, 6.45) is 19.9. The third-order valence-corrected chi connectivity index (χ3v) is 3.90. The average molecular weight is 335 g/mol. The van der Waals surface area contributed by atoms with Crippen LogP contribution in [0, 0.1) is 11.8 Å². The van der Waals surface area contributed by atoms with E-state index in [2.05, 4.69) is 24.5 Å². The summed E-state index contributed by atoms with van der Waals surface area (Å²) in [5, 5.41) is 0. The second kappa shape index (κ2) is 20.0. The van der Waals surface area contributed by atoms with Crippen molar-refractivity contribution < 1.29 is 9.47 Å². The van der Waals surface area contributed by atoms with E-state index >= 15 is 0 Å². The molecule has 0 atom stereocenters. The fraction of sp³-hybridized carbons (Fsp3) is 0.727. The van der Waals surface area contributed by atoms with Crippen LogP contribution >= 0.6 is 0 Å². The van der Waals surface area contributed by atoms with E-state index in [0.29, 0.717) is 0 Å². The van der Waals surface area contributed by atoms with E-state index in [0.717, 1.165) is 26.1 Å². The Morgan fingerprint density at radius 2 is 1.33 bits per heavy atom. The smallest absolute Gasteiger partial charge is 0.157 e. The van der Waals surface area contributed by atoms with Gasteiger partial charge in [-0.2, -0.15) is 0 Å². The van der Waals surface area contributed by atoms with E-state index in [9.17, 15) is 0 Å². The molecular weight excluding hydrogens is 296 g/mol. The Kier molecular flexibility index (Phi) is 19.1. The maximum atomic E-state index is 5.56. The Balaban J connectivity index is 3.27. The lowest BCUT2D eigenvalue weighted by molar-refractivity contribution is -0.140. The highest BCUT2D eigenvalue weighted by atomic mass is 16.7. The molecule has 0 rings (SSSR count). The maximum Gasteiger partial charge on any atom is 0.157 e. The van der Waals surface area contributed by atoms with Gasteiger partial charge >= 0.3 is 0 Å². The highest BCUT2D eigenvalue weighted by molar-refractivity contribution is 5.21. The highest BCUT2D eigenvalue weighted by Crippen LogP contribution is 2.13. The van der Waals surface area contributed by atoms with Crippen molar-refractivity contribution in [1.82, 2.24) is 0 Å². The van der Waals surface area contributed by atoms with Crippen molar-refractivity contribution in [2.24, 2.45) is 0 Å². The van der Waals surface area contributed by atoms with Crippen LogP contribution in [0.15, 0.2) is 24.8 Å². The Bertz CT molecular complexity index is 343. The Morgan fingerprint density at radius 1 is 0.792 bits per heavy atom. The number of hydrogen-bond donors (Lipinski definition) is 0. The van der Waals surface area contributed by atoms with E-state index in [-0.39, 0.29) is 6.29 Å². The lowest BCUT2D eigenvalue weighted by Gasteiger charge is -2.16. The van der Waals surface area contributed by atoms with Gasteiger partial charge in [0.2, 0.25) is 0 Å². The third kappa shape index (κ3) is 17.3. The summed E-state index contributed by atoms with van der Waals surface area (Å²) in [6.45, 7) is 9.10. The van der Waals surface area contributed by atoms with E-state index in [1.54, 1.807) is 6.08 Å². The van der Waals surface area contributed by atoms with Crippen LogP contribution in [-0.4, -0.2) is 19.5 Å². The van der Waals surface area contributed by atoms with E-state index in [4.69, 9.17) is 9.47 Å². The average Bonchev–Trinajstić information content (AvgIpc) is 2.58. The topological polar surface area (TPSA) is 18.5 Å². The molecule has 0 aromatic rings. The first-order chi connectivity index (χ1) is 11.8. The van der Waals surface area contributed by atoms with Gasteiger partial charge in [-0.3, -0.25) is 0 Å². The van der Waals surface area contributed by atoms with Gasteiger partial charge in [-0.25, -0.2) is 0 Å². The molecule has 138 valence electrons. The molecule has 2 heteroatoms. The summed E-state index contributed by atoms with van der Waals surface area (Å²) in [7, 11) is 0. The highest BCUT2D eigenvalue weighted by Gasteiger charge is 2.06. The van der Waals surface area contributed by atoms with Crippen LogP contribution in [0.4, 0.5) is 0 Å². The second-order valence-electron chi connectivity index (χ2n) is 5.99. The van der Waals surface area contributed by atoms with E-state index in [1.165, 1.54) is 57.8 Å². The van der Waals surface area contributed by atoms with Crippen LogP contribution in [-0.2, 0) is 9.47 Å². The van der Waals surface area contributed by atoms with Gasteiger partial charge in [0.15, 0.2) is 6.29 Å². The first-order valence-electron chi connectivity index (χ1n) is 9.85. The van der Waals surface area contributed by atoms with Gasteiger partial charge in [0.05, 0.1) is 0 Å². The number of allylic oxidation sites excluding steroid dienone is 3. The molecule has 0 unspecified atom stereocenters. The van der Waals surface area contributed by atoms with Crippen LogP contribution < -0.4 is 0 Å². The summed E-state index contributed by atoms with van der Waals surface area (Å²) in [6, 6.07) is 0. The summed E-state index contributed by atoms with van der Waals surface area (Å²) < 4.78 is 11.1. The fourth-order valence-electron chi connectivity index (χ4n) is 2.65. The third-order valence-electron chi connectivity index (χ3n) is 3.90. The Labute approximate surface area is 150 Å². The molecule has 0 spiro atoms. The number of rotatable bonds is 16. The SMILES string of the molecule is C=CC#C/C=C\CCCCCCCCCCCC(OCC)OCC. The van der Waals surface area contributed by atoms with Crippen LogP contribution in [0.3, 0.4) is 0 Å². The monoisotopic (exact) mass is 334 g/mol. The molecule has 0 saturated heterocycles. The van der Waals surface area contributed by atoms with Crippen LogP contribution in [0.25, 0.3) is 0 Å². The molecule has 0 N–H and O–H groups in total. The molecule has 0 aromatic carbocycles. The molecule has 2 nitrogen and oxygen atoms in total. The summed E-state index contributed by atoms with van der Waals surface area (Å²) in [4.78, 5) is 0. The van der Waals surface area contributed by atoms with Crippen LogP contribution in [0.5, 0.6) is 0 Å². The molecule has 0 heterocycles. The summed E-state index contributed by atoms with van der Waals surface area (Å²) in [5.41, 5.74) is 0. The molecule has 0 bridgehead atoms.